The van der Waals surface area contributed by atoms with E-state index in [0.717, 1.165) is 17.0 Å². The lowest BCUT2D eigenvalue weighted by Gasteiger charge is -2.27. The summed E-state index contributed by atoms with van der Waals surface area (Å²) in [5, 5.41) is 15.6. The van der Waals surface area contributed by atoms with E-state index in [9.17, 15) is 19.5 Å². The lowest BCUT2D eigenvalue weighted by molar-refractivity contribution is -0.139. The van der Waals surface area contributed by atoms with Crippen LogP contribution in [0.4, 0.5) is 4.79 Å². The highest BCUT2D eigenvalue weighted by Gasteiger charge is 2.24. The molecule has 4 N–H and O–H groups in total. The van der Waals surface area contributed by atoms with Gasteiger partial charge in [0, 0.05) is 36.2 Å². The molecular weight excluding hydrogens is 510 g/mol. The molecule has 0 aliphatic heterocycles. The number of ether oxygens (including phenoxy) is 1. The maximum absolute atomic E-state index is 12.9. The number of aromatic amines is 1. The van der Waals surface area contributed by atoms with Crippen LogP contribution in [-0.4, -0.2) is 56.1 Å². The van der Waals surface area contributed by atoms with Gasteiger partial charge in [0.05, 0.1) is 12.2 Å². The van der Waals surface area contributed by atoms with Gasteiger partial charge in [0.25, 0.3) is 5.91 Å². The van der Waals surface area contributed by atoms with Crippen LogP contribution in [0.3, 0.4) is 0 Å². The Morgan fingerprint density at radius 3 is 2.40 bits per heavy atom. The number of hydrogen-bond acceptors (Lipinski definition) is 6. The highest BCUT2D eigenvalue weighted by atomic mass is 16.6. The van der Waals surface area contributed by atoms with Crippen molar-refractivity contribution < 1.29 is 24.2 Å². The van der Waals surface area contributed by atoms with Crippen molar-refractivity contribution in [2.75, 3.05) is 6.54 Å². The van der Waals surface area contributed by atoms with Gasteiger partial charge in [0.15, 0.2) is 0 Å². The van der Waals surface area contributed by atoms with Gasteiger partial charge in [-0.15, -0.1) is 0 Å². The lowest BCUT2D eigenvalue weighted by Crippen LogP contribution is -2.41. The van der Waals surface area contributed by atoms with Crippen molar-refractivity contribution in [3.8, 4) is 0 Å². The minimum Gasteiger partial charge on any atom is -0.480 e. The van der Waals surface area contributed by atoms with Crippen molar-refractivity contribution in [1.82, 2.24) is 25.5 Å². The van der Waals surface area contributed by atoms with Crippen LogP contribution < -0.4 is 10.6 Å². The molecule has 0 spiro atoms. The quantitative estimate of drug-likeness (QED) is 0.228. The minimum atomic E-state index is -1.08. The van der Waals surface area contributed by atoms with Gasteiger partial charge in [-0.2, -0.15) is 0 Å². The predicted molar refractivity (Wildman–Crippen MR) is 151 cm³/mol. The van der Waals surface area contributed by atoms with Gasteiger partial charge < -0.3 is 25.5 Å². The molecular formula is C30H39N5O5. The second-order valence-electron chi connectivity index (χ2n) is 10.7. The zero-order chi connectivity index (χ0) is 29.1. The first kappa shape index (κ1) is 30.4. The van der Waals surface area contributed by atoms with Crippen LogP contribution in [0.2, 0.25) is 0 Å². The van der Waals surface area contributed by atoms with Gasteiger partial charge in [0.2, 0.25) is 0 Å². The van der Waals surface area contributed by atoms with Gasteiger partial charge >= 0.3 is 12.1 Å². The van der Waals surface area contributed by atoms with Gasteiger partial charge in [-0.1, -0.05) is 18.2 Å². The molecule has 40 heavy (non-hydrogen) atoms. The first-order chi connectivity index (χ1) is 19.0. The average molecular weight is 550 g/mol. The number of hydrogen-bond donors (Lipinski definition) is 4. The molecule has 3 rings (SSSR count). The van der Waals surface area contributed by atoms with E-state index in [4.69, 9.17) is 4.74 Å². The normalized spacial score (nSPS) is 12.8. The summed E-state index contributed by atoms with van der Waals surface area (Å²) >= 11 is 0. The highest BCUT2D eigenvalue weighted by Crippen LogP contribution is 2.16. The number of nitrogens with zero attached hydrogens (tertiary/aromatic N) is 2. The van der Waals surface area contributed by atoms with Crippen LogP contribution in [0.5, 0.6) is 0 Å². The average Bonchev–Trinajstić information content (AvgIpc) is 3.45. The van der Waals surface area contributed by atoms with Crippen molar-refractivity contribution in [3.63, 3.8) is 0 Å². The first-order valence-electron chi connectivity index (χ1n) is 13.4. The molecule has 0 aliphatic carbocycles. The van der Waals surface area contributed by atoms with Crippen LogP contribution in [0.15, 0.2) is 67.0 Å². The third-order valence-corrected chi connectivity index (χ3v) is 6.13. The first-order valence-corrected chi connectivity index (χ1v) is 13.4. The summed E-state index contributed by atoms with van der Waals surface area (Å²) in [6, 6.07) is 15.2. The number of amides is 2. The zero-order valence-electron chi connectivity index (χ0n) is 23.5. The van der Waals surface area contributed by atoms with Gasteiger partial charge in [-0.25, -0.2) is 9.59 Å². The van der Waals surface area contributed by atoms with Crippen molar-refractivity contribution in [1.29, 1.82) is 0 Å². The Labute approximate surface area is 235 Å². The molecule has 10 heteroatoms. The van der Waals surface area contributed by atoms with Crippen LogP contribution in [0, 0.1) is 0 Å². The van der Waals surface area contributed by atoms with Crippen molar-refractivity contribution in [2.45, 2.75) is 71.3 Å². The number of pyridine rings is 1. The summed E-state index contributed by atoms with van der Waals surface area (Å²) in [4.78, 5) is 46.5. The molecule has 2 aromatic heterocycles. The van der Waals surface area contributed by atoms with Crippen LogP contribution in [-0.2, 0) is 22.6 Å². The van der Waals surface area contributed by atoms with Gasteiger partial charge in [-0.3, -0.25) is 14.7 Å². The van der Waals surface area contributed by atoms with Gasteiger partial charge in [-0.05, 0) is 89.0 Å². The Morgan fingerprint density at radius 2 is 1.80 bits per heavy atom. The molecule has 3 aromatic rings. The van der Waals surface area contributed by atoms with Crippen molar-refractivity contribution in [2.24, 2.45) is 0 Å². The molecule has 214 valence electrons. The summed E-state index contributed by atoms with van der Waals surface area (Å²) in [5.41, 5.74) is 2.24. The fourth-order valence-electron chi connectivity index (χ4n) is 4.03. The number of carbonyl (C=O) groups excluding carboxylic acids is 2. The molecule has 0 radical (unpaired) electrons. The van der Waals surface area contributed by atoms with E-state index in [-0.39, 0.29) is 19.1 Å². The monoisotopic (exact) mass is 549 g/mol. The van der Waals surface area contributed by atoms with E-state index in [0.29, 0.717) is 24.9 Å². The molecule has 0 aliphatic rings. The third kappa shape index (κ3) is 9.85. The molecule has 2 heterocycles. The number of carboxylic acid groups (broad SMARTS) is 1. The number of benzene rings is 1. The SMILES string of the molecule is CC(NCCC[C@H](NC(=O)c1ccc(CN(Cc2ccccn2)C(=O)OC(C)(C)C)cc1)C(=O)O)c1ccc[nH]1. The number of nitrogens with one attached hydrogen (secondary N) is 3. The highest BCUT2D eigenvalue weighted by molar-refractivity contribution is 5.96. The van der Waals surface area contributed by atoms with E-state index >= 15 is 0 Å². The fraction of sp³-hybridized carbons (Fsp3) is 0.400. The van der Waals surface area contributed by atoms with Crippen molar-refractivity contribution in [3.05, 3.63) is 89.5 Å². The van der Waals surface area contributed by atoms with E-state index in [2.05, 4.69) is 20.6 Å². The van der Waals surface area contributed by atoms with E-state index in [1.165, 1.54) is 0 Å². The number of aromatic nitrogens is 2. The summed E-state index contributed by atoms with van der Waals surface area (Å²) in [6.07, 6.45) is 3.93. The molecule has 2 amide bonds. The molecule has 0 saturated heterocycles. The minimum absolute atomic E-state index is 0.113. The molecule has 10 nitrogen and oxygen atoms in total. The molecule has 2 atom stereocenters. The van der Waals surface area contributed by atoms with E-state index < -0.39 is 29.6 Å². The zero-order valence-corrected chi connectivity index (χ0v) is 23.5. The summed E-state index contributed by atoms with van der Waals surface area (Å²) in [5.74, 6) is -1.55. The Kier molecular flexibility index (Phi) is 10.8. The summed E-state index contributed by atoms with van der Waals surface area (Å²) in [6.45, 7) is 8.57. The standard InChI is InChI=1S/C30H39N5O5/c1-21(25-10-7-18-33-25)31-17-8-11-26(28(37)38)34-27(36)23-14-12-22(13-15-23)19-35(29(39)40-30(2,3)4)20-24-9-5-6-16-32-24/h5-7,9-10,12-16,18,21,26,31,33H,8,11,17,19-20H2,1-4H3,(H,34,36)(H,37,38)/t21?,26-/m0/s1. The number of rotatable bonds is 13. The van der Waals surface area contributed by atoms with Crippen LogP contribution in [0.1, 0.15) is 73.9 Å². The third-order valence-electron chi connectivity index (χ3n) is 6.13. The molecule has 0 saturated carbocycles. The molecule has 1 aromatic carbocycles. The van der Waals surface area contributed by atoms with E-state index in [1.807, 2.05) is 64.2 Å². The Balaban J connectivity index is 1.57. The van der Waals surface area contributed by atoms with Gasteiger partial charge in [0.1, 0.15) is 11.6 Å². The Hall–Kier alpha value is -4.18. The fourth-order valence-corrected chi connectivity index (χ4v) is 4.03. The number of carbonyl (C=O) groups is 3. The number of carboxylic acids is 1. The molecule has 1 unspecified atom stereocenters. The Morgan fingerprint density at radius 1 is 1.05 bits per heavy atom. The molecule has 0 fully saturated rings. The maximum atomic E-state index is 12.9. The largest absolute Gasteiger partial charge is 0.480 e. The smallest absolute Gasteiger partial charge is 0.410 e. The predicted octanol–water partition coefficient (Wildman–Crippen LogP) is 4.66. The summed E-state index contributed by atoms with van der Waals surface area (Å²) in [7, 11) is 0. The van der Waals surface area contributed by atoms with Crippen molar-refractivity contribution >= 4 is 18.0 Å². The molecule has 0 bridgehead atoms. The van der Waals surface area contributed by atoms with Crippen LogP contribution in [0.25, 0.3) is 0 Å². The number of H-pyrrole nitrogens is 1. The lowest BCUT2D eigenvalue weighted by atomic mass is 10.1. The van der Waals surface area contributed by atoms with E-state index in [1.54, 1.807) is 35.4 Å². The topological polar surface area (TPSA) is 137 Å². The summed E-state index contributed by atoms with van der Waals surface area (Å²) < 4.78 is 5.58. The van der Waals surface area contributed by atoms with Crippen LogP contribution >= 0.6 is 0 Å². The second-order valence-corrected chi connectivity index (χ2v) is 10.7. The maximum Gasteiger partial charge on any atom is 0.410 e. The second kappa shape index (κ2) is 14.3. The number of aliphatic carboxylic acids is 1. The Bertz CT molecular complexity index is 1220.